The molecule has 0 amide bonds. The smallest absolute Gasteiger partial charge is 0.170 e. The summed E-state index contributed by atoms with van der Waals surface area (Å²) in [7, 11) is 0. The minimum atomic E-state index is 0.407. The number of aromatic nitrogens is 2. The lowest BCUT2D eigenvalue weighted by Crippen LogP contribution is -2.12. The van der Waals surface area contributed by atoms with E-state index >= 15 is 0 Å². The fraction of sp³-hybridized carbons (Fsp3) is 0.167. The van der Waals surface area contributed by atoms with Crippen LogP contribution in [0, 0.1) is 6.92 Å². The van der Waals surface area contributed by atoms with Crippen molar-refractivity contribution in [1.82, 2.24) is 9.55 Å². The van der Waals surface area contributed by atoms with Gasteiger partial charge in [-0.3, -0.25) is 9.36 Å². The van der Waals surface area contributed by atoms with Crippen LogP contribution in [0.2, 0.25) is 0 Å². The number of fused-ring (bicyclic) bond motifs is 3. The molecule has 1 aliphatic rings. The van der Waals surface area contributed by atoms with Gasteiger partial charge in [-0.15, -0.1) is 0 Å². The Morgan fingerprint density at radius 3 is 3.19 bits per heavy atom. The maximum Gasteiger partial charge on any atom is 0.170 e. The molecule has 4 nitrogen and oxygen atoms in total. The Morgan fingerprint density at radius 1 is 1.50 bits per heavy atom. The van der Waals surface area contributed by atoms with Gasteiger partial charge in [-0.05, 0) is 24.6 Å². The summed E-state index contributed by atoms with van der Waals surface area (Å²) in [6.45, 7) is 2.42. The van der Waals surface area contributed by atoms with Gasteiger partial charge in [0.05, 0.1) is 5.69 Å². The lowest BCUT2D eigenvalue weighted by Gasteiger charge is -2.19. The first-order valence-electron chi connectivity index (χ1n) is 5.05. The number of carbonyl (C=O) groups excluding carboxylic acids is 1. The van der Waals surface area contributed by atoms with Crippen LogP contribution in [0.3, 0.4) is 0 Å². The number of benzene rings is 1. The molecule has 16 heavy (non-hydrogen) atoms. The number of nitrogens with zero attached hydrogens (tertiary/aromatic N) is 2. The highest BCUT2D eigenvalue weighted by Gasteiger charge is 2.18. The van der Waals surface area contributed by atoms with Gasteiger partial charge >= 0.3 is 0 Å². The van der Waals surface area contributed by atoms with E-state index in [2.05, 4.69) is 4.98 Å². The standard InChI is InChI=1S/C12H10N2O2/c1-8-2-3-10-11(4-8)16-7-12-13-9(6-15)5-14(10)12/h2-6H,7H2,1H3. The first-order valence-corrected chi connectivity index (χ1v) is 5.05. The topological polar surface area (TPSA) is 44.1 Å². The Balaban J connectivity index is 2.22. The number of carbonyl (C=O) groups is 1. The molecule has 2 heterocycles. The van der Waals surface area contributed by atoms with Crippen molar-refractivity contribution in [2.75, 3.05) is 0 Å². The van der Waals surface area contributed by atoms with Gasteiger partial charge in [0.25, 0.3) is 0 Å². The molecule has 0 unspecified atom stereocenters. The third kappa shape index (κ3) is 1.23. The summed E-state index contributed by atoms with van der Waals surface area (Å²) in [5.74, 6) is 1.60. The number of aryl methyl sites for hydroxylation is 1. The van der Waals surface area contributed by atoms with Crippen LogP contribution in [0.1, 0.15) is 21.9 Å². The van der Waals surface area contributed by atoms with Gasteiger partial charge in [-0.25, -0.2) is 4.98 Å². The van der Waals surface area contributed by atoms with E-state index in [1.807, 2.05) is 29.7 Å². The SMILES string of the molecule is Cc1ccc2c(c1)OCc1nc(C=O)cn1-2. The third-order valence-electron chi connectivity index (χ3n) is 2.65. The Bertz CT molecular complexity index is 572. The van der Waals surface area contributed by atoms with Crippen LogP contribution in [0.4, 0.5) is 0 Å². The molecule has 80 valence electrons. The molecule has 3 rings (SSSR count). The predicted molar refractivity (Wildman–Crippen MR) is 58.0 cm³/mol. The molecule has 0 saturated heterocycles. The molecule has 0 aliphatic carbocycles. The van der Waals surface area contributed by atoms with Gasteiger partial charge in [0, 0.05) is 6.20 Å². The molecule has 0 N–H and O–H groups in total. The van der Waals surface area contributed by atoms with Crippen molar-refractivity contribution >= 4 is 6.29 Å². The summed E-state index contributed by atoms with van der Waals surface area (Å²) in [4.78, 5) is 14.8. The zero-order valence-corrected chi connectivity index (χ0v) is 8.80. The lowest BCUT2D eigenvalue weighted by molar-refractivity contribution is 0.111. The quantitative estimate of drug-likeness (QED) is 0.681. The highest BCUT2D eigenvalue weighted by molar-refractivity contribution is 5.72. The minimum Gasteiger partial charge on any atom is -0.483 e. The molecular formula is C12H10N2O2. The van der Waals surface area contributed by atoms with Gasteiger partial charge < -0.3 is 4.74 Å². The first kappa shape index (κ1) is 9.15. The van der Waals surface area contributed by atoms with Gasteiger partial charge in [0.1, 0.15) is 18.1 Å². The molecule has 2 aromatic rings. The van der Waals surface area contributed by atoms with Crippen LogP contribution in [-0.4, -0.2) is 15.8 Å². The van der Waals surface area contributed by atoms with Crippen LogP contribution in [0.25, 0.3) is 5.69 Å². The minimum absolute atomic E-state index is 0.407. The van der Waals surface area contributed by atoms with Crippen LogP contribution in [0.5, 0.6) is 5.75 Å². The summed E-state index contributed by atoms with van der Waals surface area (Å²) >= 11 is 0. The maximum atomic E-state index is 10.7. The fourth-order valence-corrected chi connectivity index (χ4v) is 1.88. The van der Waals surface area contributed by atoms with E-state index < -0.39 is 0 Å². The average molecular weight is 214 g/mol. The maximum absolute atomic E-state index is 10.7. The molecule has 1 aromatic carbocycles. The monoisotopic (exact) mass is 214 g/mol. The van der Waals surface area contributed by atoms with Crippen LogP contribution < -0.4 is 4.74 Å². The Kier molecular flexibility index (Phi) is 1.83. The van der Waals surface area contributed by atoms with Gasteiger partial charge in [-0.1, -0.05) is 6.07 Å². The van der Waals surface area contributed by atoms with E-state index in [1.54, 1.807) is 6.20 Å². The molecule has 0 fully saturated rings. The highest BCUT2D eigenvalue weighted by Crippen LogP contribution is 2.30. The molecule has 0 saturated carbocycles. The van der Waals surface area contributed by atoms with E-state index in [9.17, 15) is 4.79 Å². The Morgan fingerprint density at radius 2 is 2.38 bits per heavy atom. The number of hydrogen-bond acceptors (Lipinski definition) is 3. The van der Waals surface area contributed by atoms with Crippen molar-refractivity contribution in [3.8, 4) is 11.4 Å². The van der Waals surface area contributed by atoms with E-state index in [-0.39, 0.29) is 0 Å². The van der Waals surface area contributed by atoms with Crippen LogP contribution in [0.15, 0.2) is 24.4 Å². The largest absolute Gasteiger partial charge is 0.483 e. The number of hydrogen-bond donors (Lipinski definition) is 0. The van der Waals surface area contributed by atoms with E-state index in [1.165, 1.54) is 0 Å². The molecule has 0 atom stereocenters. The summed E-state index contributed by atoms with van der Waals surface area (Å²) in [6.07, 6.45) is 2.48. The van der Waals surface area contributed by atoms with Crippen molar-refractivity contribution in [3.63, 3.8) is 0 Å². The summed E-state index contributed by atoms with van der Waals surface area (Å²) in [6, 6.07) is 5.97. The second-order valence-corrected chi connectivity index (χ2v) is 3.83. The second kappa shape index (κ2) is 3.20. The van der Waals surface area contributed by atoms with Gasteiger partial charge in [-0.2, -0.15) is 0 Å². The zero-order chi connectivity index (χ0) is 11.1. The summed E-state index contributed by atoms with van der Waals surface area (Å²) in [5, 5.41) is 0. The average Bonchev–Trinajstić information content (AvgIpc) is 2.71. The number of imidazole rings is 1. The van der Waals surface area contributed by atoms with Gasteiger partial charge in [0.15, 0.2) is 12.1 Å². The Labute approximate surface area is 92.5 Å². The third-order valence-corrected chi connectivity index (χ3v) is 2.65. The molecular weight excluding hydrogens is 204 g/mol. The van der Waals surface area contributed by atoms with Crippen molar-refractivity contribution < 1.29 is 9.53 Å². The number of ether oxygens (including phenoxy) is 1. The molecule has 0 radical (unpaired) electrons. The normalized spacial score (nSPS) is 12.6. The van der Waals surface area contributed by atoms with Gasteiger partial charge in [0.2, 0.25) is 0 Å². The lowest BCUT2D eigenvalue weighted by atomic mass is 10.2. The molecule has 1 aromatic heterocycles. The zero-order valence-electron chi connectivity index (χ0n) is 8.80. The van der Waals surface area contributed by atoms with Crippen LogP contribution >= 0.6 is 0 Å². The highest BCUT2D eigenvalue weighted by atomic mass is 16.5. The molecule has 1 aliphatic heterocycles. The van der Waals surface area contributed by atoms with Crippen molar-refractivity contribution in [2.45, 2.75) is 13.5 Å². The number of aldehydes is 1. The first-order chi connectivity index (χ1) is 7.78. The summed E-state index contributed by atoms with van der Waals surface area (Å²) in [5.41, 5.74) is 2.53. The second-order valence-electron chi connectivity index (χ2n) is 3.83. The van der Waals surface area contributed by atoms with Crippen molar-refractivity contribution in [2.24, 2.45) is 0 Å². The fourth-order valence-electron chi connectivity index (χ4n) is 1.88. The number of rotatable bonds is 1. The van der Waals surface area contributed by atoms with E-state index in [0.29, 0.717) is 12.3 Å². The van der Waals surface area contributed by atoms with Crippen LogP contribution in [-0.2, 0) is 6.61 Å². The molecule has 0 spiro atoms. The Hall–Kier alpha value is -2.10. The van der Waals surface area contributed by atoms with E-state index in [4.69, 9.17) is 4.74 Å². The molecule has 4 heteroatoms. The molecule has 0 bridgehead atoms. The van der Waals surface area contributed by atoms with E-state index in [0.717, 1.165) is 29.1 Å². The van der Waals surface area contributed by atoms with Crippen molar-refractivity contribution in [3.05, 3.63) is 41.5 Å². The van der Waals surface area contributed by atoms with Crippen molar-refractivity contribution in [1.29, 1.82) is 0 Å². The predicted octanol–water partition coefficient (Wildman–Crippen LogP) is 1.89. The summed E-state index contributed by atoms with van der Waals surface area (Å²) < 4.78 is 7.49.